The molecule has 0 atom stereocenters. The molecule has 3 heterocycles. The van der Waals surface area contributed by atoms with E-state index < -0.39 is 0 Å². The maximum atomic E-state index is 9.64. The molecule has 26 heavy (non-hydrogen) atoms. The number of nitrogens with zero attached hydrogens (tertiary/aromatic N) is 4. The Morgan fingerprint density at radius 2 is 1.92 bits per heavy atom. The number of fused-ring (bicyclic) bond motifs is 1. The van der Waals surface area contributed by atoms with Crippen molar-refractivity contribution in [1.82, 2.24) is 14.7 Å². The summed E-state index contributed by atoms with van der Waals surface area (Å²) in [5, 5.41) is 27.0. The van der Waals surface area contributed by atoms with Crippen molar-refractivity contribution in [2.75, 3.05) is 0 Å². The molecule has 0 fully saturated rings. The highest BCUT2D eigenvalue weighted by Gasteiger charge is 2.24. The van der Waals surface area contributed by atoms with Gasteiger partial charge in [-0.2, -0.15) is 0 Å². The van der Waals surface area contributed by atoms with Gasteiger partial charge in [0.05, 0.1) is 23.2 Å². The maximum Gasteiger partial charge on any atom is 0.145 e. The predicted molar refractivity (Wildman–Crippen MR) is 97.1 cm³/mol. The summed E-state index contributed by atoms with van der Waals surface area (Å²) in [4.78, 5) is 4.52. The Morgan fingerprint density at radius 1 is 1.15 bits per heavy atom. The second-order valence-electron chi connectivity index (χ2n) is 5.93. The molecule has 0 aliphatic heterocycles. The van der Waals surface area contributed by atoms with Crippen LogP contribution in [0.3, 0.4) is 0 Å². The summed E-state index contributed by atoms with van der Waals surface area (Å²) in [6.45, 7) is 3.69. The van der Waals surface area contributed by atoms with Gasteiger partial charge in [0.1, 0.15) is 17.2 Å². The summed E-state index contributed by atoms with van der Waals surface area (Å²) in [5.41, 5.74) is 4.50. The first kappa shape index (κ1) is 15.9. The van der Waals surface area contributed by atoms with Gasteiger partial charge in [-0.25, -0.2) is 4.98 Å². The van der Waals surface area contributed by atoms with Crippen molar-refractivity contribution in [2.45, 2.75) is 13.8 Å². The van der Waals surface area contributed by atoms with Crippen molar-refractivity contribution < 1.29 is 14.8 Å². The highest BCUT2D eigenvalue weighted by atomic mass is 16.5. The zero-order valence-corrected chi connectivity index (χ0v) is 14.2. The third kappa shape index (κ3) is 2.33. The first-order valence-corrected chi connectivity index (χ1v) is 8.01. The van der Waals surface area contributed by atoms with E-state index >= 15 is 0 Å². The fourth-order valence-corrected chi connectivity index (χ4v) is 3.25. The van der Waals surface area contributed by atoms with Gasteiger partial charge in [-0.15, -0.1) is 0 Å². The summed E-state index contributed by atoms with van der Waals surface area (Å²) in [5.74, 6) is 0.826. The number of aromatic hydroxyl groups is 1. The zero-order valence-electron chi connectivity index (χ0n) is 14.2. The minimum atomic E-state index is 0.175. The minimum Gasteiger partial charge on any atom is -0.508 e. The van der Waals surface area contributed by atoms with E-state index in [9.17, 15) is 10.3 Å². The minimum absolute atomic E-state index is 0.175. The van der Waals surface area contributed by atoms with Crippen LogP contribution >= 0.6 is 0 Å². The van der Waals surface area contributed by atoms with Crippen molar-refractivity contribution in [3.63, 3.8) is 0 Å². The number of aryl methyl sites for hydroxylation is 2. The highest BCUT2D eigenvalue weighted by molar-refractivity contribution is 6.06. The molecule has 2 N–H and O–H groups in total. The van der Waals surface area contributed by atoms with Gasteiger partial charge in [0.2, 0.25) is 0 Å². The number of rotatable bonds is 3. The number of benzene rings is 1. The predicted octanol–water partition coefficient (Wildman–Crippen LogP) is 3.81. The van der Waals surface area contributed by atoms with Crippen LogP contribution in [0.5, 0.6) is 5.75 Å². The number of hydrogen-bond donors (Lipinski definition) is 2. The van der Waals surface area contributed by atoms with Crippen LogP contribution in [0.25, 0.3) is 28.0 Å². The van der Waals surface area contributed by atoms with Gasteiger partial charge in [0, 0.05) is 22.8 Å². The average molecular weight is 348 g/mol. The Hall–Kier alpha value is -3.61. The van der Waals surface area contributed by atoms with Crippen molar-refractivity contribution >= 4 is 17.2 Å². The summed E-state index contributed by atoms with van der Waals surface area (Å²) in [7, 11) is 0. The lowest BCUT2D eigenvalue weighted by Crippen LogP contribution is -2.00. The Balaban J connectivity index is 2.19. The fraction of sp³-hybridized carbons (Fsp3) is 0.105. The molecule has 0 amide bonds. The van der Waals surface area contributed by atoms with Crippen LogP contribution in [0.15, 0.2) is 52.3 Å². The molecule has 0 bridgehead atoms. The van der Waals surface area contributed by atoms with Crippen molar-refractivity contribution in [3.05, 3.63) is 59.6 Å². The smallest absolute Gasteiger partial charge is 0.145 e. The van der Waals surface area contributed by atoms with Gasteiger partial charge in [-0.05, 0) is 50.2 Å². The molecule has 0 radical (unpaired) electrons. The van der Waals surface area contributed by atoms with Crippen molar-refractivity contribution in [2.24, 2.45) is 5.16 Å². The number of aromatic nitrogens is 3. The summed E-state index contributed by atoms with van der Waals surface area (Å²) in [6, 6.07) is 10.6. The van der Waals surface area contributed by atoms with Crippen LogP contribution in [-0.2, 0) is 0 Å². The van der Waals surface area contributed by atoms with Crippen molar-refractivity contribution in [3.8, 4) is 22.7 Å². The molecule has 0 unspecified atom stereocenters. The largest absolute Gasteiger partial charge is 0.508 e. The Morgan fingerprint density at radius 3 is 2.58 bits per heavy atom. The number of phenols is 1. The Kier molecular flexibility index (Phi) is 3.69. The first-order chi connectivity index (χ1) is 12.6. The molecule has 130 valence electrons. The van der Waals surface area contributed by atoms with E-state index in [2.05, 4.69) is 15.3 Å². The van der Waals surface area contributed by atoms with Gasteiger partial charge >= 0.3 is 0 Å². The third-order valence-electron chi connectivity index (χ3n) is 4.33. The summed E-state index contributed by atoms with van der Waals surface area (Å²) < 4.78 is 7.30. The van der Waals surface area contributed by atoms with Gasteiger partial charge in [-0.3, -0.25) is 4.57 Å². The van der Waals surface area contributed by atoms with Crippen LogP contribution in [0.2, 0.25) is 0 Å². The summed E-state index contributed by atoms with van der Waals surface area (Å²) in [6.07, 6.45) is 3.10. The molecule has 4 aromatic rings. The molecule has 7 nitrogen and oxygen atoms in total. The number of phenolic OH excluding ortho intramolecular Hbond substituents is 1. The molecule has 4 rings (SSSR count). The second-order valence-corrected chi connectivity index (χ2v) is 5.93. The van der Waals surface area contributed by atoms with Crippen LogP contribution in [0.1, 0.15) is 17.0 Å². The molecular weight excluding hydrogens is 332 g/mol. The van der Waals surface area contributed by atoms with Gasteiger partial charge in [0.15, 0.2) is 0 Å². The maximum absolute atomic E-state index is 9.64. The second kappa shape index (κ2) is 6.03. The van der Waals surface area contributed by atoms with Gasteiger partial charge in [-0.1, -0.05) is 10.3 Å². The molecule has 3 aromatic heterocycles. The van der Waals surface area contributed by atoms with Crippen LogP contribution in [0.4, 0.5) is 0 Å². The lowest BCUT2D eigenvalue weighted by atomic mass is 10.0. The molecule has 7 heteroatoms. The average Bonchev–Trinajstić information content (AvgIpc) is 3.13. The topological polar surface area (TPSA) is 96.7 Å². The standard InChI is InChI=1S/C19H16N4O3/c1-11-17(12(2)26-22-11)18-16(10-21-25)15-4-3-9-20-19(15)23(18)13-5-7-14(24)8-6-13/h3-10,24-25H,1-2H3/b21-10+. The highest BCUT2D eigenvalue weighted by Crippen LogP contribution is 2.38. The molecule has 0 saturated carbocycles. The lowest BCUT2D eigenvalue weighted by molar-refractivity contribution is 0.322. The van der Waals surface area contributed by atoms with Crippen LogP contribution < -0.4 is 0 Å². The van der Waals surface area contributed by atoms with E-state index in [0.717, 1.165) is 28.0 Å². The van der Waals surface area contributed by atoms with Gasteiger partial charge < -0.3 is 14.8 Å². The van der Waals surface area contributed by atoms with E-state index in [0.29, 0.717) is 17.0 Å². The lowest BCUT2D eigenvalue weighted by Gasteiger charge is -2.11. The van der Waals surface area contributed by atoms with E-state index in [1.807, 2.05) is 30.5 Å². The van der Waals surface area contributed by atoms with E-state index in [4.69, 9.17) is 4.52 Å². The first-order valence-electron chi connectivity index (χ1n) is 8.01. The van der Waals surface area contributed by atoms with Gasteiger partial charge in [0.25, 0.3) is 0 Å². The Labute approximate surface area is 148 Å². The van der Waals surface area contributed by atoms with Crippen molar-refractivity contribution in [1.29, 1.82) is 0 Å². The van der Waals surface area contributed by atoms with E-state index in [1.165, 1.54) is 6.21 Å². The van der Waals surface area contributed by atoms with Crippen LogP contribution in [-0.4, -0.2) is 31.2 Å². The third-order valence-corrected chi connectivity index (χ3v) is 4.33. The number of oxime groups is 1. The normalized spacial score (nSPS) is 11.6. The molecule has 0 saturated heterocycles. The summed E-state index contributed by atoms with van der Waals surface area (Å²) >= 11 is 0. The number of pyridine rings is 1. The fourth-order valence-electron chi connectivity index (χ4n) is 3.25. The number of hydrogen-bond acceptors (Lipinski definition) is 6. The molecule has 0 aliphatic carbocycles. The molecule has 0 spiro atoms. The van der Waals surface area contributed by atoms with E-state index in [1.54, 1.807) is 30.5 Å². The molecular formula is C19H16N4O3. The van der Waals surface area contributed by atoms with E-state index in [-0.39, 0.29) is 5.75 Å². The molecule has 1 aromatic carbocycles. The zero-order chi connectivity index (χ0) is 18.3. The quantitative estimate of drug-likeness (QED) is 0.333. The Bertz CT molecular complexity index is 1100. The molecule has 0 aliphatic rings. The SMILES string of the molecule is Cc1noc(C)c1-c1c(/C=N/O)c2cccnc2n1-c1ccc(O)cc1. The van der Waals surface area contributed by atoms with Crippen LogP contribution in [0, 0.1) is 13.8 Å². The monoisotopic (exact) mass is 348 g/mol.